The Morgan fingerprint density at radius 1 is 1.27 bits per heavy atom. The average Bonchev–Trinajstić information content (AvgIpc) is 2.99. The summed E-state index contributed by atoms with van der Waals surface area (Å²) in [5, 5.41) is 3.12. The molecule has 1 aliphatic heterocycles. The molecular weight excluding hydrogens is 416 g/mol. The van der Waals surface area contributed by atoms with Crippen LogP contribution in [-0.2, 0) is 23.6 Å². The molecule has 3 aromatic rings. The smallest absolute Gasteiger partial charge is 0.387 e. The maximum Gasteiger partial charge on any atom is 0.387 e. The first kappa shape index (κ1) is 20.5. The zero-order valence-electron chi connectivity index (χ0n) is 16.4. The molecule has 0 unspecified atom stereocenters. The second-order valence-corrected chi connectivity index (χ2v) is 9.27. The summed E-state index contributed by atoms with van der Waals surface area (Å²) >= 11 is 0. The van der Waals surface area contributed by atoms with Crippen LogP contribution in [0.15, 0.2) is 36.8 Å². The molecule has 1 N–H and O–H groups in total. The molecule has 1 aromatic carbocycles. The third kappa shape index (κ3) is 4.21. The van der Waals surface area contributed by atoms with Gasteiger partial charge in [-0.05, 0) is 11.6 Å². The number of hydrogen-bond donors (Lipinski definition) is 1. The van der Waals surface area contributed by atoms with Crippen molar-refractivity contribution in [2.24, 2.45) is 7.05 Å². The zero-order valence-corrected chi connectivity index (χ0v) is 17.2. The van der Waals surface area contributed by atoms with Crippen LogP contribution in [0.25, 0.3) is 11.0 Å². The van der Waals surface area contributed by atoms with Crippen LogP contribution < -0.4 is 10.1 Å². The van der Waals surface area contributed by atoms with Gasteiger partial charge in [0.05, 0.1) is 24.3 Å². The van der Waals surface area contributed by atoms with Crippen molar-refractivity contribution in [2.45, 2.75) is 19.1 Å². The quantitative estimate of drug-likeness (QED) is 0.611. The number of imidazole rings is 1. The van der Waals surface area contributed by atoms with Gasteiger partial charge < -0.3 is 14.6 Å². The number of pyridine rings is 1. The van der Waals surface area contributed by atoms with E-state index in [9.17, 15) is 17.2 Å². The van der Waals surface area contributed by atoms with Gasteiger partial charge in [-0.15, -0.1) is 0 Å². The molecule has 0 radical (unpaired) electrons. The molecule has 3 heterocycles. The van der Waals surface area contributed by atoms with Gasteiger partial charge in [0.1, 0.15) is 17.1 Å². The van der Waals surface area contributed by atoms with Crippen molar-refractivity contribution in [1.29, 1.82) is 0 Å². The highest BCUT2D eigenvalue weighted by Crippen LogP contribution is 2.33. The summed E-state index contributed by atoms with van der Waals surface area (Å²) in [5.74, 6) is 0.603. The van der Waals surface area contributed by atoms with Crippen molar-refractivity contribution in [3.8, 4) is 5.75 Å². The number of sulfonamides is 1. The third-order valence-corrected chi connectivity index (χ3v) is 6.40. The van der Waals surface area contributed by atoms with Gasteiger partial charge in [0.2, 0.25) is 10.0 Å². The van der Waals surface area contributed by atoms with Crippen LogP contribution >= 0.6 is 0 Å². The topological polar surface area (TPSA) is 89.4 Å². The Morgan fingerprint density at radius 3 is 2.73 bits per heavy atom. The number of benzene rings is 1. The molecule has 0 atom stereocenters. The number of ether oxygens (including phenoxy) is 1. The van der Waals surface area contributed by atoms with Gasteiger partial charge in [0.25, 0.3) is 0 Å². The summed E-state index contributed by atoms with van der Waals surface area (Å²) < 4.78 is 56.9. The van der Waals surface area contributed by atoms with Crippen LogP contribution in [0.5, 0.6) is 5.75 Å². The van der Waals surface area contributed by atoms with Crippen LogP contribution in [0, 0.1) is 0 Å². The summed E-state index contributed by atoms with van der Waals surface area (Å²) in [6.07, 6.45) is 4.48. The normalized spacial score (nSPS) is 15.5. The van der Waals surface area contributed by atoms with E-state index in [1.807, 2.05) is 23.7 Å². The lowest BCUT2D eigenvalue weighted by atomic mass is 9.92. The summed E-state index contributed by atoms with van der Waals surface area (Å²) in [4.78, 5) is 8.50. The molecule has 0 amide bonds. The Kier molecular flexibility index (Phi) is 5.33. The molecule has 0 bridgehead atoms. The number of aromatic nitrogens is 3. The van der Waals surface area contributed by atoms with Crippen LogP contribution in [0.3, 0.4) is 0 Å². The van der Waals surface area contributed by atoms with Gasteiger partial charge in [0, 0.05) is 44.2 Å². The Morgan fingerprint density at radius 2 is 2.03 bits per heavy atom. The number of hydrogen-bond acceptors (Lipinski definition) is 6. The number of aryl methyl sites for hydroxylation is 1. The van der Waals surface area contributed by atoms with E-state index in [4.69, 9.17) is 4.74 Å². The van der Waals surface area contributed by atoms with E-state index >= 15 is 0 Å². The van der Waals surface area contributed by atoms with Gasteiger partial charge in [-0.2, -0.15) is 8.78 Å². The minimum Gasteiger partial charge on any atom is -0.434 e. The van der Waals surface area contributed by atoms with E-state index in [1.165, 1.54) is 4.31 Å². The van der Waals surface area contributed by atoms with Gasteiger partial charge in [-0.1, -0.05) is 12.1 Å². The van der Waals surface area contributed by atoms with Crippen molar-refractivity contribution in [2.75, 3.05) is 24.7 Å². The van der Waals surface area contributed by atoms with Gasteiger partial charge >= 0.3 is 6.61 Å². The lowest BCUT2D eigenvalue weighted by molar-refractivity contribution is -0.0504. The Labute approximate surface area is 172 Å². The number of rotatable bonds is 7. The fraction of sp³-hybridized carbons (Fsp3) is 0.368. The van der Waals surface area contributed by atoms with Gasteiger partial charge in [0.15, 0.2) is 0 Å². The van der Waals surface area contributed by atoms with E-state index in [0.717, 1.165) is 22.9 Å². The van der Waals surface area contributed by atoms with Crippen molar-refractivity contribution in [1.82, 2.24) is 18.8 Å². The maximum absolute atomic E-state index is 12.9. The van der Waals surface area contributed by atoms with Crippen LogP contribution in [0.4, 0.5) is 14.6 Å². The van der Waals surface area contributed by atoms with Crippen LogP contribution in [0.2, 0.25) is 0 Å². The third-order valence-electron chi connectivity index (χ3n) is 5.17. The fourth-order valence-corrected chi connectivity index (χ4v) is 4.31. The largest absolute Gasteiger partial charge is 0.434 e. The lowest BCUT2D eigenvalue weighted by Gasteiger charge is -2.37. The van der Waals surface area contributed by atoms with Gasteiger partial charge in [-0.3, -0.25) is 0 Å². The Hall–Kier alpha value is -2.79. The average molecular weight is 437 g/mol. The van der Waals surface area contributed by atoms with E-state index < -0.39 is 16.6 Å². The molecule has 0 saturated carbocycles. The van der Waals surface area contributed by atoms with Crippen molar-refractivity contribution in [3.63, 3.8) is 0 Å². The molecular formula is C19H21F2N5O3S. The van der Waals surface area contributed by atoms with Crippen molar-refractivity contribution < 1.29 is 21.9 Å². The Balaban J connectivity index is 1.51. The SMILES string of the molecule is Cn1cnc2cnc(NCc3ccc(C4CN(S(C)(=O)=O)C4)cc3OC(F)F)cc21. The minimum atomic E-state index is -3.24. The molecule has 2 aromatic heterocycles. The van der Waals surface area contributed by atoms with Gasteiger partial charge in [-0.25, -0.2) is 22.7 Å². The lowest BCUT2D eigenvalue weighted by Crippen LogP contribution is -2.47. The number of nitrogens with zero attached hydrogens (tertiary/aromatic N) is 4. The van der Waals surface area contributed by atoms with E-state index in [0.29, 0.717) is 24.5 Å². The number of alkyl halides is 2. The summed E-state index contributed by atoms with van der Waals surface area (Å²) in [6, 6.07) is 6.92. The maximum atomic E-state index is 12.9. The number of fused-ring (bicyclic) bond motifs is 1. The van der Waals surface area contributed by atoms with Crippen LogP contribution in [-0.4, -0.2) is 53.2 Å². The van der Waals surface area contributed by atoms with E-state index in [-0.39, 0.29) is 18.2 Å². The first-order valence-corrected chi connectivity index (χ1v) is 11.1. The molecule has 0 aliphatic carbocycles. The molecule has 4 rings (SSSR count). The predicted molar refractivity (Wildman–Crippen MR) is 108 cm³/mol. The summed E-state index contributed by atoms with van der Waals surface area (Å²) in [6.45, 7) is -2.06. The molecule has 160 valence electrons. The standard InChI is InChI=1S/C19H21F2N5O3S/c1-25-11-24-15-8-23-18(6-16(15)25)22-7-13-4-3-12(5-17(13)29-19(20)21)14-9-26(10-14)30(2,27)28/h3-6,8,11,14,19H,7,9-10H2,1-2H3,(H,22,23). The molecule has 0 spiro atoms. The summed E-state index contributed by atoms with van der Waals surface area (Å²) in [7, 11) is -1.37. The number of nitrogens with one attached hydrogen (secondary N) is 1. The molecule has 30 heavy (non-hydrogen) atoms. The van der Waals surface area contributed by atoms with Crippen molar-refractivity contribution >= 4 is 26.9 Å². The molecule has 1 aliphatic rings. The highest BCUT2D eigenvalue weighted by Gasteiger charge is 2.34. The zero-order chi connectivity index (χ0) is 21.5. The number of halogens is 2. The Bertz CT molecular complexity index is 1180. The molecule has 8 nitrogen and oxygen atoms in total. The fourth-order valence-electron chi connectivity index (χ4n) is 3.41. The second-order valence-electron chi connectivity index (χ2n) is 7.29. The highest BCUT2D eigenvalue weighted by atomic mass is 32.2. The predicted octanol–water partition coefficient (Wildman–Crippen LogP) is 2.54. The van der Waals surface area contributed by atoms with Crippen molar-refractivity contribution in [3.05, 3.63) is 47.9 Å². The summed E-state index contributed by atoms with van der Waals surface area (Å²) in [5.41, 5.74) is 2.97. The van der Waals surface area contributed by atoms with Crippen LogP contribution in [0.1, 0.15) is 17.0 Å². The van der Waals surface area contributed by atoms with E-state index in [2.05, 4.69) is 15.3 Å². The molecule has 11 heteroatoms. The second kappa shape index (κ2) is 7.80. The first-order chi connectivity index (χ1) is 14.2. The number of anilines is 1. The minimum absolute atomic E-state index is 0.0457. The highest BCUT2D eigenvalue weighted by molar-refractivity contribution is 7.88. The first-order valence-electron chi connectivity index (χ1n) is 9.24. The molecule has 1 fully saturated rings. The van der Waals surface area contributed by atoms with E-state index in [1.54, 1.807) is 24.7 Å². The monoisotopic (exact) mass is 437 g/mol. The molecule has 1 saturated heterocycles.